The summed E-state index contributed by atoms with van der Waals surface area (Å²) in [5, 5.41) is 8.59. The van der Waals surface area contributed by atoms with Crippen molar-refractivity contribution in [3.05, 3.63) is 0 Å². The van der Waals surface area contributed by atoms with Crippen LogP contribution >= 0.6 is 0 Å². The van der Waals surface area contributed by atoms with Crippen molar-refractivity contribution in [3.8, 4) is 0 Å². The van der Waals surface area contributed by atoms with Crippen LogP contribution in [0.2, 0.25) is 0 Å². The average Bonchev–Trinajstić information content (AvgIpc) is 0.685. The maximum Gasteiger partial charge on any atom is 0.460 e. The second-order valence-electron chi connectivity index (χ2n) is 19.0. The minimum atomic E-state index is -9.97. The second-order valence-corrected chi connectivity index (χ2v) is 19.0. The highest BCUT2D eigenvalue weighted by Crippen LogP contribution is 2.69. The molecule has 0 aromatic carbocycles. The monoisotopic (exact) mass is 1510 g/mol. The molecule has 0 aromatic rings. The van der Waals surface area contributed by atoms with E-state index in [-0.39, 0.29) is 79.3 Å². The molecule has 584 valence electrons. The van der Waals surface area contributed by atoms with Crippen LogP contribution in [0.3, 0.4) is 0 Å². The van der Waals surface area contributed by atoms with Crippen LogP contribution in [0.25, 0.3) is 0 Å². The van der Waals surface area contributed by atoms with Crippen LogP contribution < -0.4 is 0 Å². The van der Waals surface area contributed by atoms with Crippen molar-refractivity contribution in [3.63, 3.8) is 0 Å². The Kier molecular flexibility index (Phi) is 42.8. The van der Waals surface area contributed by atoms with E-state index in [0.29, 0.717) is 132 Å². The lowest BCUT2D eigenvalue weighted by molar-refractivity contribution is -0.487. The largest absolute Gasteiger partial charge is 0.460 e. The van der Waals surface area contributed by atoms with Gasteiger partial charge in [-0.3, -0.25) is 0 Å². The summed E-state index contributed by atoms with van der Waals surface area (Å²) in [5.74, 6) is -121. The normalized spacial score (nSPS) is 14.4. The molecule has 0 radical (unpaired) electrons. The fourth-order valence-electron chi connectivity index (χ4n) is 6.42. The zero-order valence-corrected chi connectivity index (χ0v) is 50.8. The predicted molar refractivity (Wildman–Crippen MR) is 266 cm³/mol. The molecule has 0 aliphatic rings. The maximum absolute atomic E-state index is 14.2. The van der Waals surface area contributed by atoms with E-state index in [2.05, 4.69) is 4.74 Å². The quantitative estimate of drug-likeness (QED) is 0.0449. The first kappa shape index (κ1) is 94.2. The van der Waals surface area contributed by atoms with Gasteiger partial charge < -0.3 is 85.6 Å². The number of alkyl halides is 29. The van der Waals surface area contributed by atoms with Crippen LogP contribution in [0.1, 0.15) is 6.42 Å². The maximum atomic E-state index is 14.2. The van der Waals surface area contributed by atoms with E-state index in [0.717, 1.165) is 0 Å². The van der Waals surface area contributed by atoms with Crippen molar-refractivity contribution < 1.29 is 213 Å². The number of aliphatic hydroxyl groups is 1. The Labute approximate surface area is 533 Å². The third-order valence-electron chi connectivity index (χ3n) is 11.9. The zero-order chi connectivity index (χ0) is 74.5. The highest BCUT2D eigenvalue weighted by atomic mass is 19.4. The molecule has 0 aromatic heterocycles. The number of aliphatic hydroxyl groups excluding tert-OH is 1. The molecule has 0 rings (SSSR count). The Morgan fingerprint density at radius 3 is 0.392 bits per heavy atom. The molecule has 0 fully saturated rings. The molecule has 0 atom stereocenters. The van der Waals surface area contributed by atoms with Crippen molar-refractivity contribution in [1.82, 2.24) is 0 Å². The molecule has 0 saturated carbocycles. The van der Waals surface area contributed by atoms with E-state index in [1.807, 2.05) is 0 Å². The highest BCUT2D eigenvalue weighted by Gasteiger charge is 3.01. The van der Waals surface area contributed by atoms with Crippen LogP contribution in [0.15, 0.2) is 0 Å². The fourth-order valence-corrected chi connectivity index (χ4v) is 6.42. The van der Waals surface area contributed by atoms with Crippen molar-refractivity contribution in [2.24, 2.45) is 0 Å². The summed E-state index contributed by atoms with van der Waals surface area (Å²) in [4.78, 5) is 0. The summed E-state index contributed by atoms with van der Waals surface area (Å²) in [6.07, 6.45) is -11.4. The van der Waals surface area contributed by atoms with Crippen LogP contribution in [-0.4, -0.2) is 320 Å². The molecule has 0 aliphatic carbocycles. The molecule has 47 heteroatoms. The van der Waals surface area contributed by atoms with Gasteiger partial charge in [-0.05, 0) is 0 Å². The van der Waals surface area contributed by atoms with Crippen molar-refractivity contribution >= 4 is 0 Å². The average molecular weight is 1510 g/mol. The molecular weight excluding hydrogens is 1440 g/mol. The Morgan fingerprint density at radius 2 is 0.258 bits per heavy atom. The van der Waals surface area contributed by atoms with Gasteiger partial charge in [-0.2, -0.15) is 127 Å². The molecule has 1 N–H and O–H groups in total. The van der Waals surface area contributed by atoms with Gasteiger partial charge >= 0.3 is 83.2 Å². The number of hydrogen-bond donors (Lipinski definition) is 1. The Hall–Kier alpha value is -2.75. The van der Waals surface area contributed by atoms with Crippen molar-refractivity contribution in [2.75, 3.05) is 231 Å². The van der Waals surface area contributed by atoms with Gasteiger partial charge in [-0.1, -0.05) is 0 Å². The van der Waals surface area contributed by atoms with E-state index in [1.165, 1.54) is 0 Å². The molecule has 97 heavy (non-hydrogen) atoms. The van der Waals surface area contributed by atoms with Crippen molar-refractivity contribution in [2.45, 2.75) is 89.6 Å². The lowest BCUT2D eigenvalue weighted by Crippen LogP contribution is -2.79. The summed E-state index contributed by atoms with van der Waals surface area (Å²) < 4.78 is 488. The summed E-state index contributed by atoms with van der Waals surface area (Å²) in [7, 11) is 0. The smallest absolute Gasteiger partial charge is 0.394 e. The van der Waals surface area contributed by atoms with E-state index >= 15 is 0 Å². The van der Waals surface area contributed by atoms with E-state index in [1.54, 1.807) is 0 Å². The van der Waals surface area contributed by atoms with Crippen LogP contribution in [0, 0.1) is 0 Å². The zero-order valence-electron chi connectivity index (χ0n) is 50.8. The van der Waals surface area contributed by atoms with Gasteiger partial charge in [0.15, 0.2) is 0 Å². The molecule has 0 unspecified atom stereocenters. The first-order valence-corrected chi connectivity index (χ1v) is 28.2. The Bertz CT molecular complexity index is 2030. The Morgan fingerprint density at radius 1 is 0.144 bits per heavy atom. The fraction of sp³-hybridized carbons (Fsp3) is 1.00. The summed E-state index contributed by atoms with van der Waals surface area (Å²) in [6, 6.07) is 0. The number of hydrogen-bond acceptors (Lipinski definition) is 18. The lowest BCUT2D eigenvalue weighted by Gasteiger charge is -2.46. The van der Waals surface area contributed by atoms with E-state index in [9.17, 15) is 127 Å². The Balaban J connectivity index is 4.21. The van der Waals surface area contributed by atoms with Gasteiger partial charge in [0.2, 0.25) is 0 Å². The van der Waals surface area contributed by atoms with E-state index < -0.39 is 109 Å². The van der Waals surface area contributed by atoms with Crippen LogP contribution in [0.4, 0.5) is 127 Å². The van der Waals surface area contributed by atoms with Gasteiger partial charge in [0.1, 0.15) is 0 Å². The molecule has 0 aliphatic heterocycles. The number of ether oxygens (including phenoxy) is 17. The number of rotatable bonds is 65. The lowest BCUT2D eigenvalue weighted by atomic mass is 9.83. The topological polar surface area (TPSA) is 177 Å². The van der Waals surface area contributed by atoms with Crippen LogP contribution in [0.5, 0.6) is 0 Å². The molecular formula is C50H73F29O18. The third kappa shape index (κ3) is 27.1. The first-order chi connectivity index (χ1) is 44.8. The predicted octanol–water partition coefficient (Wildman–Crippen LogP) is 9.47. The molecule has 0 bridgehead atoms. The van der Waals surface area contributed by atoms with Gasteiger partial charge in [-0.25, -0.2) is 0 Å². The minimum Gasteiger partial charge on any atom is -0.394 e. The summed E-state index contributed by atoms with van der Waals surface area (Å²) in [6.45, 7) is 4.60. The minimum absolute atomic E-state index is 0.0166. The van der Waals surface area contributed by atoms with Gasteiger partial charge in [-0.15, -0.1) is 0 Å². The third-order valence-corrected chi connectivity index (χ3v) is 11.9. The number of halogens is 29. The van der Waals surface area contributed by atoms with E-state index in [4.69, 9.17) is 80.9 Å². The van der Waals surface area contributed by atoms with Gasteiger partial charge in [0.05, 0.1) is 231 Å². The second kappa shape index (κ2) is 44.0. The van der Waals surface area contributed by atoms with Gasteiger partial charge in [0, 0.05) is 6.42 Å². The van der Waals surface area contributed by atoms with Crippen LogP contribution in [-0.2, 0) is 80.5 Å². The summed E-state index contributed by atoms with van der Waals surface area (Å²) in [5.41, 5.74) is 0. The molecule has 0 amide bonds. The van der Waals surface area contributed by atoms with Gasteiger partial charge in [0.25, 0.3) is 0 Å². The molecule has 0 spiro atoms. The standard InChI is InChI=1S/C50H73F29O18/c51-37(52,38(53,54)39(55,56)40(57,58)41(59,60)42(61,62)43(63,64)44(65,66)45(67,68)46(69,70)47(71,72)48(73,74)49(75,76)50(77,78)79)1-3-81-5-7-83-9-11-85-13-15-87-17-19-89-21-23-91-25-27-93-29-31-95-33-35-97-36-34-96-32-30-94-28-26-92-24-22-90-20-18-88-16-14-86-12-10-84-8-6-82-4-2-80/h80H,1-36H2. The molecule has 0 heterocycles. The highest BCUT2D eigenvalue weighted by molar-refractivity contribution is 5.21. The first-order valence-electron chi connectivity index (χ1n) is 28.2. The molecule has 0 saturated heterocycles. The van der Waals surface area contributed by atoms with Crippen molar-refractivity contribution in [1.29, 1.82) is 0 Å². The molecule has 18 nitrogen and oxygen atoms in total. The summed E-state index contributed by atoms with van der Waals surface area (Å²) >= 11 is 0. The SMILES string of the molecule is OCCOCCOCCOCCOCCOCCOCCOCCOCCOCCOCCOCCOCCOCCOCCOCCOCCOCCC(F)(F)C(F)(F)C(F)(F)C(F)(F)C(F)(F)C(F)(F)C(F)(F)C(F)(F)C(F)(F)C(F)(F)C(F)(F)C(F)(F)C(F)(F)C(F)(F)F.